The number of hydrogen-bond acceptors (Lipinski definition) is 6. The third-order valence-corrected chi connectivity index (χ3v) is 5.31. The zero-order valence-electron chi connectivity index (χ0n) is 17.5. The predicted octanol–water partition coefficient (Wildman–Crippen LogP) is 5.14. The van der Waals surface area contributed by atoms with Crippen LogP contribution in [0.3, 0.4) is 0 Å². The lowest BCUT2D eigenvalue weighted by atomic mass is 9.94. The first-order valence-corrected chi connectivity index (χ1v) is 10.3. The van der Waals surface area contributed by atoms with Crippen LogP contribution in [0, 0.1) is 34.0 Å². The second-order valence-electron chi connectivity index (χ2n) is 7.13. The summed E-state index contributed by atoms with van der Waals surface area (Å²) in [5.41, 5.74) is 4.33. The Bertz CT molecular complexity index is 1310. The number of nitrogens with zero attached hydrogens (tertiary/aromatic N) is 5. The van der Waals surface area contributed by atoms with Crippen molar-refractivity contribution in [2.75, 3.05) is 18.1 Å². The summed E-state index contributed by atoms with van der Waals surface area (Å²) in [5.74, 6) is 0.792. The summed E-state index contributed by atoms with van der Waals surface area (Å²) >= 11 is 0. The molecule has 0 fully saturated rings. The van der Waals surface area contributed by atoms with E-state index in [0.29, 0.717) is 30.1 Å². The summed E-state index contributed by atoms with van der Waals surface area (Å²) in [7, 11) is 0. The number of aromatic nitrogens is 1. The van der Waals surface area contributed by atoms with Crippen LogP contribution in [0.4, 0.5) is 11.5 Å². The number of anilines is 2. The summed E-state index contributed by atoms with van der Waals surface area (Å²) in [6.45, 7) is 2.88. The zero-order chi connectivity index (χ0) is 22.5. The average molecular weight is 417 g/mol. The van der Waals surface area contributed by atoms with E-state index in [1.165, 1.54) is 11.6 Å². The number of rotatable bonds is 5. The van der Waals surface area contributed by atoms with E-state index in [1.807, 2.05) is 67.6 Å². The Labute approximate surface area is 186 Å². The molecule has 0 amide bonds. The van der Waals surface area contributed by atoms with E-state index < -0.39 is 0 Å². The molecule has 32 heavy (non-hydrogen) atoms. The Morgan fingerprint density at radius 1 is 1.06 bits per heavy atom. The van der Waals surface area contributed by atoms with Gasteiger partial charge in [0.2, 0.25) is 5.88 Å². The minimum absolute atomic E-state index is 0.0641. The molecule has 0 bridgehead atoms. The van der Waals surface area contributed by atoms with Crippen LogP contribution in [0.5, 0.6) is 5.88 Å². The van der Waals surface area contributed by atoms with Crippen LogP contribution in [-0.2, 0) is 6.42 Å². The van der Waals surface area contributed by atoms with Crippen LogP contribution in [0.15, 0.2) is 60.2 Å². The lowest BCUT2D eigenvalue weighted by molar-refractivity contribution is 0.326. The Morgan fingerprint density at radius 3 is 2.47 bits per heavy atom. The Balaban J connectivity index is 2.11. The molecule has 6 nitrogen and oxygen atoms in total. The number of nitriles is 3. The number of para-hydroxylation sites is 1. The Morgan fingerprint density at radius 2 is 1.78 bits per heavy atom. The van der Waals surface area contributed by atoms with Gasteiger partial charge < -0.3 is 9.64 Å². The molecule has 2 heterocycles. The summed E-state index contributed by atoms with van der Waals surface area (Å²) in [5, 5.41) is 29.0. The highest BCUT2D eigenvalue weighted by atomic mass is 16.5. The molecule has 0 atom stereocenters. The van der Waals surface area contributed by atoms with Crippen molar-refractivity contribution in [3.8, 4) is 35.2 Å². The largest absolute Gasteiger partial charge is 0.477 e. The second kappa shape index (κ2) is 9.04. The van der Waals surface area contributed by atoms with Gasteiger partial charge >= 0.3 is 0 Å². The fraction of sp³-hybridized carbons (Fsp3) is 0.154. The number of fused-ring (bicyclic) bond motifs is 1. The SMILES string of the molecule is CCOc1nc(N2CCc3ccccc32)c(C=C(C#N)C#N)c(-c2ccccc2)c1C#N. The molecule has 1 aliphatic rings. The lowest BCUT2D eigenvalue weighted by Gasteiger charge is -2.24. The van der Waals surface area contributed by atoms with E-state index in [2.05, 4.69) is 17.0 Å². The molecule has 0 N–H and O–H groups in total. The Hall–Kier alpha value is -4.60. The molecule has 3 aromatic rings. The molecular weight excluding hydrogens is 398 g/mol. The molecule has 2 aromatic carbocycles. The highest BCUT2D eigenvalue weighted by molar-refractivity contribution is 5.90. The highest BCUT2D eigenvalue weighted by Crippen LogP contribution is 2.43. The number of allylic oxidation sites excluding steroid dienone is 1. The van der Waals surface area contributed by atoms with Gasteiger partial charge in [-0.05, 0) is 36.6 Å². The first kappa shape index (κ1) is 20.7. The van der Waals surface area contributed by atoms with E-state index >= 15 is 0 Å². The maximum atomic E-state index is 10.0. The van der Waals surface area contributed by atoms with Crippen molar-refractivity contribution in [1.29, 1.82) is 15.8 Å². The van der Waals surface area contributed by atoms with Crippen LogP contribution < -0.4 is 9.64 Å². The Kier molecular flexibility index (Phi) is 5.84. The third kappa shape index (κ3) is 3.65. The fourth-order valence-electron chi connectivity index (χ4n) is 3.95. The third-order valence-electron chi connectivity index (χ3n) is 5.31. The maximum absolute atomic E-state index is 10.0. The van der Waals surface area contributed by atoms with E-state index in [4.69, 9.17) is 9.72 Å². The lowest BCUT2D eigenvalue weighted by Crippen LogP contribution is -2.18. The molecule has 0 saturated heterocycles. The van der Waals surface area contributed by atoms with Gasteiger partial charge in [-0.25, -0.2) is 0 Å². The van der Waals surface area contributed by atoms with Gasteiger partial charge in [0, 0.05) is 23.4 Å². The number of benzene rings is 2. The molecule has 0 spiro atoms. The van der Waals surface area contributed by atoms with Gasteiger partial charge in [0.1, 0.15) is 35.2 Å². The summed E-state index contributed by atoms with van der Waals surface area (Å²) in [6.07, 6.45) is 2.36. The molecular formula is C26H19N5O. The van der Waals surface area contributed by atoms with Gasteiger partial charge in [-0.2, -0.15) is 20.8 Å². The topological polar surface area (TPSA) is 96.7 Å². The molecule has 0 aliphatic carbocycles. The first-order chi connectivity index (χ1) is 15.7. The summed E-state index contributed by atoms with van der Waals surface area (Å²) in [6, 6.07) is 23.6. The first-order valence-electron chi connectivity index (χ1n) is 10.3. The number of hydrogen-bond donors (Lipinski definition) is 0. The maximum Gasteiger partial charge on any atom is 0.234 e. The van der Waals surface area contributed by atoms with Crippen LogP contribution in [-0.4, -0.2) is 18.1 Å². The summed E-state index contributed by atoms with van der Waals surface area (Å²) in [4.78, 5) is 6.80. The number of pyridine rings is 1. The molecule has 0 unspecified atom stereocenters. The molecule has 6 heteroatoms. The van der Waals surface area contributed by atoms with Crippen molar-refractivity contribution in [3.63, 3.8) is 0 Å². The van der Waals surface area contributed by atoms with E-state index in [9.17, 15) is 15.8 Å². The standard InChI is InChI=1S/C26H19N5O/c1-2-32-26-22(17-29)24(20-9-4-3-5-10-20)21(14-18(15-27)16-28)25(30-26)31-13-12-19-8-6-7-11-23(19)31/h3-11,14H,2,12-13H2,1H3. The van der Waals surface area contributed by atoms with Gasteiger partial charge in [-0.1, -0.05) is 48.5 Å². The van der Waals surface area contributed by atoms with Gasteiger partial charge in [0.25, 0.3) is 0 Å². The van der Waals surface area contributed by atoms with Gasteiger partial charge in [-0.15, -0.1) is 0 Å². The van der Waals surface area contributed by atoms with Gasteiger partial charge in [0.15, 0.2) is 0 Å². The minimum Gasteiger partial charge on any atom is -0.477 e. The molecule has 0 saturated carbocycles. The van der Waals surface area contributed by atoms with Crippen molar-refractivity contribution >= 4 is 17.6 Å². The van der Waals surface area contributed by atoms with Crippen molar-refractivity contribution in [2.45, 2.75) is 13.3 Å². The molecule has 154 valence electrons. The fourth-order valence-corrected chi connectivity index (χ4v) is 3.95. The molecule has 4 rings (SSSR count). The number of ether oxygens (including phenoxy) is 1. The van der Waals surface area contributed by atoms with E-state index in [0.717, 1.165) is 17.7 Å². The normalized spacial score (nSPS) is 11.6. The van der Waals surface area contributed by atoms with Gasteiger partial charge in [0.05, 0.1) is 6.61 Å². The quantitative estimate of drug-likeness (QED) is 0.533. The van der Waals surface area contributed by atoms with Crippen LogP contribution >= 0.6 is 0 Å². The minimum atomic E-state index is -0.0641. The van der Waals surface area contributed by atoms with E-state index in [-0.39, 0.29) is 17.0 Å². The van der Waals surface area contributed by atoms with Crippen molar-refractivity contribution in [2.24, 2.45) is 0 Å². The monoisotopic (exact) mass is 417 g/mol. The smallest absolute Gasteiger partial charge is 0.234 e. The molecule has 0 radical (unpaired) electrons. The van der Waals surface area contributed by atoms with Crippen molar-refractivity contribution < 1.29 is 4.74 Å². The van der Waals surface area contributed by atoms with Crippen LogP contribution in [0.1, 0.15) is 23.6 Å². The van der Waals surface area contributed by atoms with Crippen LogP contribution in [0.2, 0.25) is 0 Å². The van der Waals surface area contributed by atoms with E-state index in [1.54, 1.807) is 0 Å². The van der Waals surface area contributed by atoms with Crippen molar-refractivity contribution in [3.05, 3.63) is 76.9 Å². The average Bonchev–Trinajstić information content (AvgIpc) is 3.27. The predicted molar refractivity (Wildman–Crippen MR) is 122 cm³/mol. The van der Waals surface area contributed by atoms with Crippen LogP contribution in [0.25, 0.3) is 17.2 Å². The second-order valence-corrected chi connectivity index (χ2v) is 7.13. The summed E-state index contributed by atoms with van der Waals surface area (Å²) < 4.78 is 5.78. The molecule has 1 aromatic heterocycles. The molecule has 1 aliphatic heterocycles. The van der Waals surface area contributed by atoms with Gasteiger partial charge in [-0.3, -0.25) is 0 Å². The highest BCUT2D eigenvalue weighted by Gasteiger charge is 2.28. The zero-order valence-corrected chi connectivity index (χ0v) is 17.5. The van der Waals surface area contributed by atoms with Crippen molar-refractivity contribution in [1.82, 2.24) is 4.98 Å².